The molecule has 0 radical (unpaired) electrons. The van der Waals surface area contributed by atoms with E-state index in [9.17, 15) is 5.26 Å². The predicted octanol–water partition coefficient (Wildman–Crippen LogP) is 5.00. The third-order valence-electron chi connectivity index (χ3n) is 4.76. The number of nitrogens with zero attached hydrogens (tertiary/aromatic N) is 4. The van der Waals surface area contributed by atoms with E-state index in [2.05, 4.69) is 28.5 Å². The fourth-order valence-electron chi connectivity index (χ4n) is 3.44. The molecule has 0 atom stereocenters. The van der Waals surface area contributed by atoms with Gasteiger partial charge in [-0.2, -0.15) is 10.2 Å². The Morgan fingerprint density at radius 1 is 1.13 bits per heavy atom. The second-order valence-electron chi connectivity index (χ2n) is 7.36. The Labute approximate surface area is 175 Å². The number of nitriles is 1. The zero-order valence-electron chi connectivity index (χ0n) is 17.3. The number of aryl methyl sites for hydroxylation is 1. The van der Waals surface area contributed by atoms with Gasteiger partial charge in [-0.3, -0.25) is 4.57 Å². The molecule has 2 aromatic heterocycles. The molecule has 0 fully saturated rings. The summed E-state index contributed by atoms with van der Waals surface area (Å²) in [5.74, 6) is 1.77. The van der Waals surface area contributed by atoms with Gasteiger partial charge in [-0.05, 0) is 44.5 Å². The van der Waals surface area contributed by atoms with Crippen LogP contribution in [0.15, 0.2) is 60.8 Å². The molecule has 0 spiro atoms. The molecule has 30 heavy (non-hydrogen) atoms. The highest BCUT2D eigenvalue weighted by Gasteiger charge is 2.16. The highest BCUT2D eigenvalue weighted by atomic mass is 16.5. The molecule has 0 aliphatic carbocycles. The maximum Gasteiger partial charge on any atom is 0.236 e. The maximum absolute atomic E-state index is 9.43. The van der Waals surface area contributed by atoms with E-state index in [1.165, 1.54) is 0 Å². The van der Waals surface area contributed by atoms with Gasteiger partial charge in [-0.1, -0.05) is 36.4 Å². The lowest BCUT2D eigenvalue weighted by atomic mass is 10.1. The summed E-state index contributed by atoms with van der Waals surface area (Å²) in [5.41, 5.74) is 3.64. The van der Waals surface area contributed by atoms with Crippen molar-refractivity contribution >= 4 is 16.7 Å². The minimum absolute atomic E-state index is 0.00376. The summed E-state index contributed by atoms with van der Waals surface area (Å²) in [5, 5.41) is 13.7. The zero-order valence-corrected chi connectivity index (χ0v) is 17.3. The fourth-order valence-corrected chi connectivity index (χ4v) is 3.44. The molecular weight excluding hydrogens is 374 g/mol. The van der Waals surface area contributed by atoms with E-state index >= 15 is 0 Å². The predicted molar refractivity (Wildman–Crippen MR) is 118 cm³/mol. The van der Waals surface area contributed by atoms with Gasteiger partial charge < -0.3 is 10.1 Å². The highest BCUT2D eigenvalue weighted by Crippen LogP contribution is 2.28. The first-order valence-corrected chi connectivity index (χ1v) is 9.90. The van der Waals surface area contributed by atoms with Gasteiger partial charge in [0.1, 0.15) is 0 Å². The van der Waals surface area contributed by atoms with Crippen LogP contribution in [0.3, 0.4) is 0 Å². The van der Waals surface area contributed by atoms with Crippen molar-refractivity contribution in [3.8, 4) is 17.8 Å². The number of benzene rings is 2. The van der Waals surface area contributed by atoms with Gasteiger partial charge in [0.2, 0.25) is 5.95 Å². The van der Waals surface area contributed by atoms with Crippen molar-refractivity contribution in [3.63, 3.8) is 0 Å². The first kappa shape index (κ1) is 19.5. The van der Waals surface area contributed by atoms with Crippen molar-refractivity contribution in [1.29, 1.82) is 5.26 Å². The van der Waals surface area contributed by atoms with Crippen LogP contribution >= 0.6 is 0 Å². The van der Waals surface area contributed by atoms with Crippen molar-refractivity contribution in [2.45, 2.75) is 33.4 Å². The molecule has 2 aromatic carbocycles. The van der Waals surface area contributed by atoms with Crippen molar-refractivity contribution in [2.75, 3.05) is 5.32 Å². The minimum atomic E-state index is 0.00376. The second kappa shape index (κ2) is 8.26. The lowest BCUT2D eigenvalue weighted by Crippen LogP contribution is -2.12. The van der Waals surface area contributed by atoms with Crippen LogP contribution in [0.1, 0.15) is 30.7 Å². The van der Waals surface area contributed by atoms with Gasteiger partial charge in [-0.25, -0.2) is 4.98 Å². The van der Waals surface area contributed by atoms with Crippen LogP contribution in [0.5, 0.6) is 5.75 Å². The minimum Gasteiger partial charge on any atom is -0.486 e. The quantitative estimate of drug-likeness (QED) is 0.495. The van der Waals surface area contributed by atoms with Gasteiger partial charge in [0.25, 0.3) is 0 Å². The Bertz CT molecular complexity index is 1220. The molecule has 0 saturated heterocycles. The van der Waals surface area contributed by atoms with Crippen molar-refractivity contribution in [3.05, 3.63) is 77.6 Å². The van der Waals surface area contributed by atoms with E-state index in [1.54, 1.807) is 6.20 Å². The van der Waals surface area contributed by atoms with E-state index in [1.807, 2.05) is 67.8 Å². The van der Waals surface area contributed by atoms with Crippen molar-refractivity contribution < 1.29 is 4.74 Å². The van der Waals surface area contributed by atoms with Crippen LogP contribution in [0.2, 0.25) is 0 Å². The van der Waals surface area contributed by atoms with E-state index in [0.717, 1.165) is 22.2 Å². The molecule has 4 rings (SSSR count). The first-order chi connectivity index (χ1) is 14.6. The van der Waals surface area contributed by atoms with Crippen molar-refractivity contribution in [2.24, 2.45) is 0 Å². The van der Waals surface area contributed by atoms with Crippen LogP contribution in [-0.4, -0.2) is 20.6 Å². The summed E-state index contributed by atoms with van der Waals surface area (Å²) in [6.45, 7) is 6.56. The molecular formula is C24H23N5O. The Morgan fingerprint density at radius 2 is 1.93 bits per heavy atom. The number of ether oxygens (including phenoxy) is 1. The zero-order chi connectivity index (χ0) is 21.1. The number of nitrogens with one attached hydrogen (secondary N) is 1. The Kier molecular flexibility index (Phi) is 5.36. The summed E-state index contributed by atoms with van der Waals surface area (Å²) in [6, 6.07) is 20.1. The summed E-state index contributed by atoms with van der Waals surface area (Å²) in [7, 11) is 0. The lowest BCUT2D eigenvalue weighted by Gasteiger charge is -2.16. The van der Waals surface area contributed by atoms with Gasteiger partial charge >= 0.3 is 0 Å². The largest absolute Gasteiger partial charge is 0.486 e. The molecule has 150 valence electrons. The van der Waals surface area contributed by atoms with Crippen LogP contribution in [0.4, 0.5) is 5.82 Å². The average Bonchev–Trinajstić information content (AvgIpc) is 3.09. The van der Waals surface area contributed by atoms with Crippen LogP contribution in [-0.2, 0) is 6.54 Å². The molecule has 0 aliphatic heterocycles. The third-order valence-corrected chi connectivity index (χ3v) is 4.76. The van der Waals surface area contributed by atoms with E-state index in [4.69, 9.17) is 9.72 Å². The Hall–Kier alpha value is -3.85. The van der Waals surface area contributed by atoms with Crippen LogP contribution in [0, 0.1) is 18.3 Å². The molecule has 0 aliphatic rings. The Balaban J connectivity index is 1.77. The molecule has 6 nitrogen and oxygen atoms in total. The summed E-state index contributed by atoms with van der Waals surface area (Å²) < 4.78 is 7.88. The monoisotopic (exact) mass is 397 g/mol. The number of fused-ring (bicyclic) bond motifs is 1. The van der Waals surface area contributed by atoms with E-state index in [0.29, 0.717) is 29.6 Å². The van der Waals surface area contributed by atoms with Gasteiger partial charge in [0.05, 0.1) is 29.5 Å². The van der Waals surface area contributed by atoms with E-state index in [-0.39, 0.29) is 6.10 Å². The second-order valence-corrected chi connectivity index (χ2v) is 7.36. The van der Waals surface area contributed by atoms with Crippen LogP contribution in [0.25, 0.3) is 16.9 Å². The fraction of sp³-hybridized carbons (Fsp3) is 0.208. The summed E-state index contributed by atoms with van der Waals surface area (Å²) in [4.78, 5) is 9.34. The molecule has 0 bridgehead atoms. The van der Waals surface area contributed by atoms with Gasteiger partial charge in [0.15, 0.2) is 11.6 Å². The van der Waals surface area contributed by atoms with E-state index < -0.39 is 0 Å². The topological polar surface area (TPSA) is 75.8 Å². The molecule has 0 saturated carbocycles. The average molecular weight is 397 g/mol. The smallest absolute Gasteiger partial charge is 0.236 e. The number of rotatable bonds is 6. The Morgan fingerprint density at radius 3 is 2.67 bits per heavy atom. The SMILES string of the molecule is Cc1cc2c(C#N)cccc2n1-c1ncc(OC(C)C)c(NCc2ccccc2)n1. The third kappa shape index (κ3) is 3.83. The standard InChI is InChI=1S/C24H23N5O/c1-16(2)30-22-15-27-24(28-23(22)26-14-18-8-5-4-6-9-18)29-17(3)12-20-19(13-25)10-7-11-21(20)29/h4-12,15-16H,14H2,1-3H3,(H,26,27,28). The molecule has 0 amide bonds. The number of anilines is 1. The summed E-state index contributed by atoms with van der Waals surface area (Å²) in [6.07, 6.45) is 1.71. The van der Waals surface area contributed by atoms with Crippen LogP contribution < -0.4 is 10.1 Å². The van der Waals surface area contributed by atoms with Gasteiger partial charge in [0, 0.05) is 17.6 Å². The molecule has 0 unspecified atom stereocenters. The molecule has 1 N–H and O–H groups in total. The maximum atomic E-state index is 9.43. The first-order valence-electron chi connectivity index (χ1n) is 9.90. The number of aromatic nitrogens is 3. The number of hydrogen-bond acceptors (Lipinski definition) is 5. The molecule has 4 aromatic rings. The van der Waals surface area contributed by atoms with Crippen molar-refractivity contribution in [1.82, 2.24) is 14.5 Å². The number of hydrogen-bond donors (Lipinski definition) is 1. The molecule has 6 heteroatoms. The highest BCUT2D eigenvalue weighted by molar-refractivity contribution is 5.88. The molecule has 2 heterocycles. The van der Waals surface area contributed by atoms with Gasteiger partial charge in [-0.15, -0.1) is 0 Å². The summed E-state index contributed by atoms with van der Waals surface area (Å²) >= 11 is 0. The lowest BCUT2D eigenvalue weighted by molar-refractivity contribution is 0.242. The normalized spacial score (nSPS) is 10.9.